The number of hydrogen-bond acceptors (Lipinski definition) is 4. The van der Waals surface area contributed by atoms with Crippen LogP contribution < -0.4 is 5.32 Å². The van der Waals surface area contributed by atoms with Crippen molar-refractivity contribution in [3.05, 3.63) is 65.5 Å². The third-order valence-corrected chi connectivity index (χ3v) is 8.19. The summed E-state index contributed by atoms with van der Waals surface area (Å²) in [5.41, 5.74) is 1.94. The van der Waals surface area contributed by atoms with E-state index in [1.165, 1.54) is 16.4 Å². The first kappa shape index (κ1) is 23.4. The zero-order chi connectivity index (χ0) is 23.4. The lowest BCUT2D eigenvalue weighted by Crippen LogP contribution is -2.45. The van der Waals surface area contributed by atoms with Gasteiger partial charge in [0, 0.05) is 39.1 Å². The number of nitrogens with zero attached hydrogens (tertiary/aromatic N) is 2. The average Bonchev–Trinajstić information content (AvgIpc) is 3.23. The lowest BCUT2D eigenvalue weighted by molar-refractivity contribution is -0.128. The SMILES string of the molecule is O=C(NCc1ccccc1CN1CCCC1=O)[C@H]1CCCN(S(=O)(=O)c2ccc(F)cc2)C1. The topological polar surface area (TPSA) is 86.8 Å². The molecule has 2 fully saturated rings. The van der Waals surface area contributed by atoms with Gasteiger partial charge in [0.15, 0.2) is 0 Å². The first-order valence-corrected chi connectivity index (χ1v) is 12.7. The fraction of sp³-hybridized carbons (Fsp3) is 0.417. The number of piperidine rings is 1. The number of carbonyl (C=O) groups excluding carboxylic acids is 2. The van der Waals surface area contributed by atoms with Crippen LogP contribution in [-0.4, -0.2) is 49.1 Å². The first-order valence-electron chi connectivity index (χ1n) is 11.2. The van der Waals surface area contributed by atoms with Gasteiger partial charge in [-0.25, -0.2) is 12.8 Å². The van der Waals surface area contributed by atoms with Crippen molar-refractivity contribution >= 4 is 21.8 Å². The molecular formula is C24H28FN3O4S. The number of amides is 2. The smallest absolute Gasteiger partial charge is 0.243 e. The van der Waals surface area contributed by atoms with Crippen LogP contribution in [0.3, 0.4) is 0 Å². The molecule has 0 unspecified atom stereocenters. The lowest BCUT2D eigenvalue weighted by Gasteiger charge is -2.31. The van der Waals surface area contributed by atoms with Gasteiger partial charge >= 0.3 is 0 Å². The Kier molecular flexibility index (Phi) is 7.09. The van der Waals surface area contributed by atoms with Crippen molar-refractivity contribution in [2.24, 2.45) is 5.92 Å². The average molecular weight is 474 g/mol. The molecule has 2 aromatic rings. The highest BCUT2D eigenvalue weighted by atomic mass is 32.2. The van der Waals surface area contributed by atoms with Gasteiger partial charge in [-0.2, -0.15) is 4.31 Å². The Morgan fingerprint density at radius 3 is 2.45 bits per heavy atom. The summed E-state index contributed by atoms with van der Waals surface area (Å²) in [5, 5.41) is 2.95. The standard InChI is InChI=1S/C24H28FN3O4S/c25-21-9-11-22(12-10-21)33(31,32)28-14-3-7-20(17-28)24(30)26-15-18-5-1-2-6-19(18)16-27-13-4-8-23(27)29/h1-2,5-6,9-12,20H,3-4,7-8,13-17H2,(H,26,30)/t20-/m0/s1. The second kappa shape index (κ2) is 10.0. The van der Waals surface area contributed by atoms with Crippen molar-refractivity contribution in [2.45, 2.75) is 43.7 Å². The Balaban J connectivity index is 1.38. The molecule has 0 saturated carbocycles. The van der Waals surface area contributed by atoms with Crippen LogP contribution in [0.1, 0.15) is 36.8 Å². The maximum absolute atomic E-state index is 13.2. The van der Waals surface area contributed by atoms with Gasteiger partial charge in [-0.15, -0.1) is 0 Å². The number of nitrogens with one attached hydrogen (secondary N) is 1. The number of hydrogen-bond donors (Lipinski definition) is 1. The summed E-state index contributed by atoms with van der Waals surface area (Å²) in [4.78, 5) is 26.7. The Hall–Kier alpha value is -2.78. The molecule has 4 rings (SSSR count). The third-order valence-electron chi connectivity index (χ3n) is 6.31. The van der Waals surface area contributed by atoms with E-state index in [1.54, 1.807) is 0 Å². The van der Waals surface area contributed by atoms with E-state index in [-0.39, 0.29) is 23.3 Å². The molecule has 9 heteroatoms. The molecule has 0 radical (unpaired) electrons. The largest absolute Gasteiger partial charge is 0.352 e. The fourth-order valence-electron chi connectivity index (χ4n) is 4.42. The molecular weight excluding hydrogens is 445 g/mol. The van der Waals surface area contributed by atoms with Crippen molar-refractivity contribution in [3.8, 4) is 0 Å². The van der Waals surface area contributed by atoms with E-state index in [4.69, 9.17) is 0 Å². The highest BCUT2D eigenvalue weighted by Crippen LogP contribution is 2.24. The van der Waals surface area contributed by atoms with E-state index < -0.39 is 21.8 Å². The highest BCUT2D eigenvalue weighted by Gasteiger charge is 2.33. The lowest BCUT2D eigenvalue weighted by atomic mass is 9.98. The fourth-order valence-corrected chi connectivity index (χ4v) is 5.94. The van der Waals surface area contributed by atoms with Gasteiger partial charge < -0.3 is 10.2 Å². The second-order valence-corrected chi connectivity index (χ2v) is 10.5. The van der Waals surface area contributed by atoms with E-state index in [0.717, 1.165) is 36.2 Å². The predicted octanol–water partition coefficient (Wildman–Crippen LogP) is 2.67. The quantitative estimate of drug-likeness (QED) is 0.670. The minimum absolute atomic E-state index is 0.0235. The molecule has 2 heterocycles. The molecule has 1 atom stereocenters. The summed E-state index contributed by atoms with van der Waals surface area (Å²) < 4.78 is 40.3. The summed E-state index contributed by atoms with van der Waals surface area (Å²) in [6.45, 7) is 2.02. The van der Waals surface area contributed by atoms with Crippen LogP contribution in [0.2, 0.25) is 0 Å². The van der Waals surface area contributed by atoms with E-state index in [0.29, 0.717) is 38.9 Å². The number of halogens is 1. The van der Waals surface area contributed by atoms with E-state index >= 15 is 0 Å². The Morgan fingerprint density at radius 1 is 1.03 bits per heavy atom. The van der Waals surface area contributed by atoms with Crippen molar-refractivity contribution < 1.29 is 22.4 Å². The molecule has 2 amide bonds. The minimum Gasteiger partial charge on any atom is -0.352 e. The molecule has 2 aromatic carbocycles. The second-order valence-electron chi connectivity index (χ2n) is 8.56. The van der Waals surface area contributed by atoms with Crippen molar-refractivity contribution in [1.82, 2.24) is 14.5 Å². The van der Waals surface area contributed by atoms with E-state index in [2.05, 4.69) is 5.32 Å². The summed E-state index contributed by atoms with van der Waals surface area (Å²) in [6.07, 6.45) is 2.63. The molecule has 2 aliphatic rings. The van der Waals surface area contributed by atoms with Gasteiger partial charge in [0.05, 0.1) is 10.8 Å². The van der Waals surface area contributed by atoms with Crippen LogP contribution in [-0.2, 0) is 32.7 Å². The Morgan fingerprint density at radius 2 is 1.76 bits per heavy atom. The highest BCUT2D eigenvalue weighted by molar-refractivity contribution is 7.89. The predicted molar refractivity (Wildman–Crippen MR) is 121 cm³/mol. The van der Waals surface area contributed by atoms with Gasteiger partial charge in [-0.05, 0) is 54.7 Å². The van der Waals surface area contributed by atoms with Gasteiger partial charge in [0.1, 0.15) is 5.82 Å². The molecule has 2 saturated heterocycles. The Labute approximate surface area is 193 Å². The number of sulfonamides is 1. The number of carbonyl (C=O) groups is 2. The molecule has 33 heavy (non-hydrogen) atoms. The Bertz CT molecular complexity index is 1120. The molecule has 0 aliphatic carbocycles. The van der Waals surface area contributed by atoms with E-state index in [9.17, 15) is 22.4 Å². The van der Waals surface area contributed by atoms with Crippen LogP contribution in [0.25, 0.3) is 0 Å². The van der Waals surface area contributed by atoms with Gasteiger partial charge in [0.2, 0.25) is 21.8 Å². The molecule has 2 aliphatic heterocycles. The molecule has 0 spiro atoms. The van der Waals surface area contributed by atoms with Crippen molar-refractivity contribution in [1.29, 1.82) is 0 Å². The maximum atomic E-state index is 13.2. The summed E-state index contributed by atoms with van der Waals surface area (Å²) in [5.74, 6) is -1.000. The van der Waals surface area contributed by atoms with Gasteiger partial charge in [-0.3, -0.25) is 9.59 Å². The van der Waals surface area contributed by atoms with Crippen LogP contribution in [0.4, 0.5) is 4.39 Å². The minimum atomic E-state index is -3.79. The normalized spacial score (nSPS) is 19.6. The maximum Gasteiger partial charge on any atom is 0.243 e. The molecule has 176 valence electrons. The summed E-state index contributed by atoms with van der Waals surface area (Å²) in [7, 11) is -3.79. The number of likely N-dealkylation sites (tertiary alicyclic amines) is 1. The van der Waals surface area contributed by atoms with Crippen LogP contribution >= 0.6 is 0 Å². The number of benzene rings is 2. The van der Waals surface area contributed by atoms with Crippen LogP contribution in [0.5, 0.6) is 0 Å². The summed E-state index contributed by atoms with van der Waals surface area (Å²) in [6, 6.07) is 12.4. The van der Waals surface area contributed by atoms with Crippen molar-refractivity contribution in [3.63, 3.8) is 0 Å². The molecule has 7 nitrogen and oxygen atoms in total. The molecule has 0 aromatic heterocycles. The van der Waals surface area contributed by atoms with Crippen molar-refractivity contribution in [2.75, 3.05) is 19.6 Å². The van der Waals surface area contributed by atoms with Crippen LogP contribution in [0.15, 0.2) is 53.4 Å². The van der Waals surface area contributed by atoms with Gasteiger partial charge in [-0.1, -0.05) is 24.3 Å². The third kappa shape index (κ3) is 5.42. The van der Waals surface area contributed by atoms with E-state index in [1.807, 2.05) is 29.2 Å². The molecule has 0 bridgehead atoms. The summed E-state index contributed by atoms with van der Waals surface area (Å²) >= 11 is 0. The molecule has 1 N–H and O–H groups in total. The number of rotatable bonds is 7. The monoisotopic (exact) mass is 473 g/mol. The first-order chi connectivity index (χ1) is 15.8. The van der Waals surface area contributed by atoms with Crippen LogP contribution in [0, 0.1) is 11.7 Å². The van der Waals surface area contributed by atoms with Gasteiger partial charge in [0.25, 0.3) is 0 Å². The zero-order valence-corrected chi connectivity index (χ0v) is 19.2. The zero-order valence-electron chi connectivity index (χ0n) is 18.4.